The van der Waals surface area contributed by atoms with Crippen LogP contribution in [0.15, 0.2) is 36.4 Å². The van der Waals surface area contributed by atoms with Crippen molar-refractivity contribution in [3.63, 3.8) is 0 Å². The normalized spacial score (nSPS) is 10.1. The van der Waals surface area contributed by atoms with E-state index in [0.717, 1.165) is 12.3 Å². The first-order chi connectivity index (χ1) is 6.79. The fourth-order valence-electron chi connectivity index (χ4n) is 1.04. The van der Waals surface area contributed by atoms with Crippen molar-refractivity contribution >= 4 is 6.08 Å². The molecular weight excluding hydrogens is 168 g/mol. The average molecular weight is 190 g/mol. The van der Waals surface area contributed by atoms with Crippen LogP contribution in [0, 0.1) is 5.92 Å². The third-order valence-electron chi connectivity index (χ3n) is 1.72. The van der Waals surface area contributed by atoms with Gasteiger partial charge in [-0.15, -0.1) is 0 Å². The minimum Gasteiger partial charge on any atom is -0.0837 e. The summed E-state index contributed by atoms with van der Waals surface area (Å²) in [6, 6.07) is 10.4. The van der Waals surface area contributed by atoms with Crippen LogP contribution in [0.1, 0.15) is 39.7 Å². The highest BCUT2D eigenvalue weighted by Gasteiger charge is 1.87. The third kappa shape index (κ3) is 6.47. The van der Waals surface area contributed by atoms with Gasteiger partial charge in [0.2, 0.25) is 0 Å². The molecule has 0 heteroatoms. The summed E-state index contributed by atoms with van der Waals surface area (Å²) < 4.78 is 0. The molecule has 1 rings (SSSR count). The standard InChI is InChI=1S/C12H16.C2H6/c1-11(2)7-6-10-12-8-4-3-5-9-12;1-2/h3-6,8-11H,7H2,1-2H3;1-2H3/b10-6+;. The van der Waals surface area contributed by atoms with Gasteiger partial charge in [0.1, 0.15) is 0 Å². The van der Waals surface area contributed by atoms with E-state index in [0.29, 0.717) is 0 Å². The van der Waals surface area contributed by atoms with E-state index in [9.17, 15) is 0 Å². The Hall–Kier alpha value is -1.04. The molecule has 0 aliphatic rings. The lowest BCUT2D eigenvalue weighted by atomic mass is 10.1. The van der Waals surface area contributed by atoms with Crippen molar-refractivity contribution in [2.24, 2.45) is 5.92 Å². The topological polar surface area (TPSA) is 0 Å². The van der Waals surface area contributed by atoms with Crippen LogP contribution in [0.3, 0.4) is 0 Å². The molecule has 0 aliphatic carbocycles. The summed E-state index contributed by atoms with van der Waals surface area (Å²) in [5.41, 5.74) is 1.29. The SMILES string of the molecule is CC.CC(C)C/C=C/c1ccccc1. The van der Waals surface area contributed by atoms with Crippen LogP contribution in [0.2, 0.25) is 0 Å². The minimum atomic E-state index is 0.755. The van der Waals surface area contributed by atoms with E-state index in [-0.39, 0.29) is 0 Å². The lowest BCUT2D eigenvalue weighted by molar-refractivity contribution is 0.665. The largest absolute Gasteiger partial charge is 0.0837 e. The molecule has 0 unspecified atom stereocenters. The summed E-state index contributed by atoms with van der Waals surface area (Å²) in [5.74, 6) is 0.755. The zero-order valence-electron chi connectivity index (χ0n) is 9.83. The lowest BCUT2D eigenvalue weighted by Gasteiger charge is -1.96. The van der Waals surface area contributed by atoms with E-state index in [1.807, 2.05) is 19.9 Å². The van der Waals surface area contributed by atoms with Crippen LogP contribution >= 0.6 is 0 Å². The van der Waals surface area contributed by atoms with E-state index in [1.54, 1.807) is 0 Å². The van der Waals surface area contributed by atoms with Gasteiger partial charge in [0.25, 0.3) is 0 Å². The molecule has 0 aromatic heterocycles. The molecule has 0 spiro atoms. The molecule has 0 saturated heterocycles. The fourth-order valence-corrected chi connectivity index (χ4v) is 1.04. The third-order valence-corrected chi connectivity index (χ3v) is 1.72. The van der Waals surface area contributed by atoms with Crippen molar-refractivity contribution in [3.8, 4) is 0 Å². The molecule has 1 aromatic carbocycles. The number of benzene rings is 1. The second-order valence-electron chi connectivity index (χ2n) is 3.44. The molecule has 78 valence electrons. The summed E-state index contributed by atoms with van der Waals surface area (Å²) >= 11 is 0. The average Bonchev–Trinajstić information content (AvgIpc) is 2.22. The number of hydrogen-bond donors (Lipinski definition) is 0. The van der Waals surface area contributed by atoms with E-state index in [2.05, 4.69) is 50.3 Å². The molecule has 0 radical (unpaired) electrons. The van der Waals surface area contributed by atoms with E-state index in [1.165, 1.54) is 5.56 Å². The fraction of sp³-hybridized carbons (Fsp3) is 0.429. The molecule has 0 nitrogen and oxygen atoms in total. The molecule has 0 N–H and O–H groups in total. The maximum absolute atomic E-state index is 2.24. The molecule has 0 amide bonds. The molecule has 0 atom stereocenters. The van der Waals surface area contributed by atoms with Crippen molar-refractivity contribution < 1.29 is 0 Å². The van der Waals surface area contributed by atoms with Gasteiger partial charge in [-0.2, -0.15) is 0 Å². The Balaban J connectivity index is 0.000000791. The van der Waals surface area contributed by atoms with Gasteiger partial charge in [-0.1, -0.05) is 70.2 Å². The summed E-state index contributed by atoms with van der Waals surface area (Å²) in [5, 5.41) is 0. The van der Waals surface area contributed by atoms with Crippen LogP contribution in [0.5, 0.6) is 0 Å². The lowest BCUT2D eigenvalue weighted by Crippen LogP contribution is -1.80. The Morgan fingerprint density at radius 1 is 1.07 bits per heavy atom. The number of hydrogen-bond acceptors (Lipinski definition) is 0. The van der Waals surface area contributed by atoms with Crippen LogP contribution < -0.4 is 0 Å². The van der Waals surface area contributed by atoms with Crippen LogP contribution in [0.25, 0.3) is 6.08 Å². The minimum absolute atomic E-state index is 0.755. The van der Waals surface area contributed by atoms with Gasteiger partial charge in [-0.05, 0) is 17.9 Å². The Morgan fingerprint density at radius 3 is 2.14 bits per heavy atom. The van der Waals surface area contributed by atoms with Crippen LogP contribution in [-0.4, -0.2) is 0 Å². The molecule has 0 fully saturated rings. The van der Waals surface area contributed by atoms with Gasteiger partial charge in [-0.3, -0.25) is 0 Å². The first kappa shape index (κ1) is 13.0. The second kappa shape index (κ2) is 8.55. The Morgan fingerprint density at radius 2 is 1.64 bits per heavy atom. The maximum atomic E-state index is 2.24. The molecule has 0 heterocycles. The van der Waals surface area contributed by atoms with E-state index >= 15 is 0 Å². The first-order valence-electron chi connectivity index (χ1n) is 5.50. The molecule has 14 heavy (non-hydrogen) atoms. The zero-order valence-corrected chi connectivity index (χ0v) is 9.83. The highest BCUT2D eigenvalue weighted by molar-refractivity contribution is 5.48. The van der Waals surface area contributed by atoms with Gasteiger partial charge < -0.3 is 0 Å². The van der Waals surface area contributed by atoms with Crippen molar-refractivity contribution in [3.05, 3.63) is 42.0 Å². The summed E-state index contributed by atoms with van der Waals surface area (Å²) in [6.45, 7) is 8.46. The van der Waals surface area contributed by atoms with Crippen molar-refractivity contribution in [1.29, 1.82) is 0 Å². The number of allylic oxidation sites excluding steroid dienone is 1. The van der Waals surface area contributed by atoms with Crippen LogP contribution in [0.4, 0.5) is 0 Å². The summed E-state index contributed by atoms with van der Waals surface area (Å²) in [4.78, 5) is 0. The van der Waals surface area contributed by atoms with E-state index < -0.39 is 0 Å². The summed E-state index contributed by atoms with van der Waals surface area (Å²) in [6.07, 6.45) is 5.58. The Bertz CT molecular complexity index is 231. The van der Waals surface area contributed by atoms with Crippen LogP contribution in [-0.2, 0) is 0 Å². The van der Waals surface area contributed by atoms with Crippen molar-refractivity contribution in [2.75, 3.05) is 0 Å². The molecular formula is C14H22. The van der Waals surface area contributed by atoms with Crippen molar-refractivity contribution in [1.82, 2.24) is 0 Å². The highest BCUT2D eigenvalue weighted by atomic mass is 13.9. The van der Waals surface area contributed by atoms with Gasteiger partial charge in [0, 0.05) is 0 Å². The Labute approximate surface area is 88.7 Å². The monoisotopic (exact) mass is 190 g/mol. The maximum Gasteiger partial charge on any atom is -0.0260 e. The van der Waals surface area contributed by atoms with Crippen molar-refractivity contribution in [2.45, 2.75) is 34.1 Å². The number of rotatable bonds is 3. The smallest absolute Gasteiger partial charge is 0.0260 e. The molecule has 0 saturated carbocycles. The highest BCUT2D eigenvalue weighted by Crippen LogP contribution is 2.05. The van der Waals surface area contributed by atoms with Gasteiger partial charge >= 0.3 is 0 Å². The van der Waals surface area contributed by atoms with Gasteiger partial charge in [0.15, 0.2) is 0 Å². The molecule has 0 bridgehead atoms. The zero-order chi connectivity index (χ0) is 10.8. The predicted molar refractivity (Wildman–Crippen MR) is 66.3 cm³/mol. The molecule has 0 aliphatic heterocycles. The van der Waals surface area contributed by atoms with Gasteiger partial charge in [0.05, 0.1) is 0 Å². The quantitative estimate of drug-likeness (QED) is 0.644. The Kier molecular flexibility index (Phi) is 7.92. The second-order valence-corrected chi connectivity index (χ2v) is 3.44. The summed E-state index contributed by atoms with van der Waals surface area (Å²) in [7, 11) is 0. The first-order valence-corrected chi connectivity index (χ1v) is 5.50. The van der Waals surface area contributed by atoms with E-state index in [4.69, 9.17) is 0 Å². The van der Waals surface area contributed by atoms with Gasteiger partial charge in [-0.25, -0.2) is 0 Å². The molecule has 1 aromatic rings. The predicted octanol–water partition coefficient (Wildman–Crippen LogP) is 4.77.